The smallest absolute Gasteiger partial charge is 0.243 e. The van der Waals surface area contributed by atoms with Crippen LogP contribution in [-0.4, -0.2) is 31.2 Å². The first-order valence-electron chi connectivity index (χ1n) is 10.6. The number of nitrogens with one attached hydrogen (secondary N) is 1. The van der Waals surface area contributed by atoms with E-state index in [1.165, 1.54) is 40.4 Å². The first kappa shape index (κ1) is 21.3. The summed E-state index contributed by atoms with van der Waals surface area (Å²) in [5.74, 6) is -0.241. The van der Waals surface area contributed by atoms with Crippen LogP contribution in [0.2, 0.25) is 5.02 Å². The van der Waals surface area contributed by atoms with Crippen LogP contribution in [0.25, 0.3) is 0 Å². The van der Waals surface area contributed by atoms with Crippen LogP contribution in [0, 0.1) is 0 Å². The Hall–Kier alpha value is -1.89. The maximum Gasteiger partial charge on any atom is 0.243 e. The summed E-state index contributed by atoms with van der Waals surface area (Å²) in [7, 11) is -3.75. The molecular formula is C23H27ClN2O3S. The largest absolute Gasteiger partial charge is 0.348 e. The SMILES string of the molecule is CC(NC(=O)C1CCCN1S(=O)(=O)c1ccc(Cl)cc1)c1ccc2c(c1)CCCC2. The minimum atomic E-state index is -3.75. The standard InChI is InChI=1S/C23H27ClN2O3S/c1-16(18-9-8-17-5-2-3-6-19(17)15-18)25-23(27)22-7-4-14-26(22)30(28,29)21-12-10-20(24)11-13-21/h8-13,15-16,22H,2-7,14H2,1H3,(H,25,27). The normalized spacial score (nSPS) is 20.5. The molecule has 1 fully saturated rings. The van der Waals surface area contributed by atoms with Gasteiger partial charge in [0.25, 0.3) is 0 Å². The molecule has 2 unspecified atom stereocenters. The van der Waals surface area contributed by atoms with Crippen LogP contribution >= 0.6 is 11.6 Å². The molecule has 160 valence electrons. The van der Waals surface area contributed by atoms with E-state index >= 15 is 0 Å². The van der Waals surface area contributed by atoms with E-state index < -0.39 is 16.1 Å². The fourth-order valence-corrected chi connectivity index (χ4v) is 6.23. The highest BCUT2D eigenvalue weighted by Gasteiger charge is 2.39. The maximum atomic E-state index is 13.1. The molecule has 4 rings (SSSR count). The van der Waals surface area contributed by atoms with Crippen molar-refractivity contribution in [1.29, 1.82) is 0 Å². The molecule has 0 saturated carbocycles. The van der Waals surface area contributed by atoms with Crippen LogP contribution in [-0.2, 0) is 27.7 Å². The van der Waals surface area contributed by atoms with Crippen LogP contribution < -0.4 is 5.32 Å². The summed E-state index contributed by atoms with van der Waals surface area (Å²) in [6, 6.07) is 11.6. The summed E-state index contributed by atoms with van der Waals surface area (Å²) in [4.78, 5) is 13.2. The Morgan fingerprint density at radius 2 is 1.77 bits per heavy atom. The van der Waals surface area contributed by atoms with E-state index in [0.717, 1.165) is 18.4 Å². The van der Waals surface area contributed by atoms with Crippen molar-refractivity contribution in [2.45, 2.75) is 62.4 Å². The minimum Gasteiger partial charge on any atom is -0.348 e. The zero-order chi connectivity index (χ0) is 21.3. The predicted octanol–water partition coefficient (Wildman–Crippen LogP) is 4.25. The first-order valence-corrected chi connectivity index (χ1v) is 12.4. The van der Waals surface area contributed by atoms with Crippen molar-refractivity contribution in [3.63, 3.8) is 0 Å². The van der Waals surface area contributed by atoms with Gasteiger partial charge >= 0.3 is 0 Å². The third-order valence-corrected chi connectivity index (χ3v) is 8.33. The topological polar surface area (TPSA) is 66.5 Å². The van der Waals surface area contributed by atoms with Gasteiger partial charge in [-0.2, -0.15) is 4.31 Å². The predicted molar refractivity (Wildman–Crippen MR) is 118 cm³/mol. The Bertz CT molecular complexity index is 1040. The molecule has 0 radical (unpaired) electrons. The highest BCUT2D eigenvalue weighted by molar-refractivity contribution is 7.89. The van der Waals surface area contributed by atoms with E-state index in [2.05, 4.69) is 23.5 Å². The van der Waals surface area contributed by atoms with E-state index in [0.29, 0.717) is 24.4 Å². The van der Waals surface area contributed by atoms with Crippen molar-refractivity contribution < 1.29 is 13.2 Å². The Morgan fingerprint density at radius 3 is 2.50 bits per heavy atom. The maximum absolute atomic E-state index is 13.1. The van der Waals surface area contributed by atoms with Crippen molar-refractivity contribution in [3.05, 3.63) is 64.2 Å². The van der Waals surface area contributed by atoms with Crippen LogP contribution in [0.4, 0.5) is 0 Å². The van der Waals surface area contributed by atoms with Crippen LogP contribution in [0.1, 0.15) is 55.3 Å². The fraction of sp³-hybridized carbons (Fsp3) is 0.435. The molecule has 1 heterocycles. The number of sulfonamides is 1. The summed E-state index contributed by atoms with van der Waals surface area (Å²) in [5.41, 5.74) is 3.83. The Morgan fingerprint density at radius 1 is 1.07 bits per heavy atom. The van der Waals surface area contributed by atoms with Gasteiger partial charge < -0.3 is 5.32 Å². The molecule has 1 N–H and O–H groups in total. The van der Waals surface area contributed by atoms with Crippen molar-refractivity contribution in [2.24, 2.45) is 0 Å². The molecular weight excluding hydrogens is 420 g/mol. The summed E-state index contributed by atoms with van der Waals surface area (Å²) >= 11 is 5.89. The summed E-state index contributed by atoms with van der Waals surface area (Å²) in [5, 5.41) is 3.52. The number of amides is 1. The third-order valence-electron chi connectivity index (χ3n) is 6.16. The highest BCUT2D eigenvalue weighted by Crippen LogP contribution is 2.28. The van der Waals surface area contributed by atoms with Crippen molar-refractivity contribution in [3.8, 4) is 0 Å². The lowest BCUT2D eigenvalue weighted by Gasteiger charge is -2.26. The summed E-state index contributed by atoms with van der Waals surface area (Å²) in [6.45, 7) is 2.30. The molecule has 2 aliphatic rings. The number of benzene rings is 2. The average Bonchev–Trinajstić information content (AvgIpc) is 3.25. The van der Waals surface area contributed by atoms with Crippen LogP contribution in [0.3, 0.4) is 0 Å². The summed E-state index contributed by atoms with van der Waals surface area (Å²) < 4.78 is 27.5. The molecule has 7 heteroatoms. The van der Waals surface area contributed by atoms with Gasteiger partial charge in [0.05, 0.1) is 10.9 Å². The molecule has 1 aliphatic carbocycles. The molecule has 0 spiro atoms. The quantitative estimate of drug-likeness (QED) is 0.746. The van der Waals surface area contributed by atoms with Gasteiger partial charge in [-0.05, 0) is 86.4 Å². The lowest BCUT2D eigenvalue weighted by molar-refractivity contribution is -0.124. The van der Waals surface area contributed by atoms with Gasteiger partial charge in [-0.3, -0.25) is 4.79 Å². The number of fused-ring (bicyclic) bond motifs is 1. The fourth-order valence-electron chi connectivity index (χ4n) is 4.45. The van der Waals surface area contributed by atoms with E-state index in [1.54, 1.807) is 12.1 Å². The van der Waals surface area contributed by atoms with E-state index in [1.807, 2.05) is 6.92 Å². The number of hydrogen-bond donors (Lipinski definition) is 1. The number of carbonyl (C=O) groups excluding carboxylic acids is 1. The molecule has 1 aliphatic heterocycles. The van der Waals surface area contributed by atoms with Crippen LogP contribution in [0.5, 0.6) is 0 Å². The van der Waals surface area contributed by atoms with Crippen molar-refractivity contribution in [2.75, 3.05) is 6.54 Å². The van der Waals surface area contributed by atoms with Gasteiger partial charge in [-0.15, -0.1) is 0 Å². The van der Waals surface area contributed by atoms with Gasteiger partial charge in [0.2, 0.25) is 15.9 Å². The second kappa shape index (κ2) is 8.69. The van der Waals surface area contributed by atoms with Crippen molar-refractivity contribution >= 4 is 27.5 Å². The highest BCUT2D eigenvalue weighted by atomic mass is 35.5. The molecule has 2 aromatic carbocycles. The number of rotatable bonds is 5. The number of nitrogens with zero attached hydrogens (tertiary/aromatic N) is 1. The third kappa shape index (κ3) is 4.27. The number of hydrogen-bond acceptors (Lipinski definition) is 3. The van der Waals surface area contributed by atoms with Gasteiger partial charge in [0, 0.05) is 11.6 Å². The van der Waals surface area contributed by atoms with Gasteiger partial charge in [-0.25, -0.2) is 8.42 Å². The van der Waals surface area contributed by atoms with Gasteiger partial charge in [-0.1, -0.05) is 29.8 Å². The van der Waals surface area contributed by atoms with Crippen LogP contribution in [0.15, 0.2) is 47.4 Å². The molecule has 30 heavy (non-hydrogen) atoms. The van der Waals surface area contributed by atoms with E-state index in [-0.39, 0.29) is 16.8 Å². The zero-order valence-corrected chi connectivity index (χ0v) is 18.7. The molecule has 2 aromatic rings. The van der Waals surface area contributed by atoms with Gasteiger partial charge in [0.1, 0.15) is 6.04 Å². The number of halogens is 1. The minimum absolute atomic E-state index is 0.161. The van der Waals surface area contributed by atoms with E-state index in [4.69, 9.17) is 11.6 Å². The molecule has 5 nitrogen and oxygen atoms in total. The molecule has 0 aromatic heterocycles. The molecule has 0 bridgehead atoms. The average molecular weight is 447 g/mol. The summed E-state index contributed by atoms with van der Waals surface area (Å²) in [6.07, 6.45) is 5.83. The Balaban J connectivity index is 1.49. The lowest BCUT2D eigenvalue weighted by Crippen LogP contribution is -2.46. The zero-order valence-electron chi connectivity index (χ0n) is 17.1. The monoisotopic (exact) mass is 446 g/mol. The number of aryl methyl sites for hydroxylation is 2. The Labute approximate surface area is 183 Å². The molecule has 2 atom stereocenters. The second-order valence-corrected chi connectivity index (χ2v) is 10.5. The molecule has 1 amide bonds. The lowest BCUT2D eigenvalue weighted by atomic mass is 9.89. The second-order valence-electron chi connectivity index (χ2n) is 8.19. The molecule has 1 saturated heterocycles. The van der Waals surface area contributed by atoms with Crippen molar-refractivity contribution in [1.82, 2.24) is 9.62 Å². The van der Waals surface area contributed by atoms with Gasteiger partial charge in [0.15, 0.2) is 0 Å². The Kier molecular flexibility index (Phi) is 6.19. The first-order chi connectivity index (χ1) is 14.4. The van der Waals surface area contributed by atoms with E-state index in [9.17, 15) is 13.2 Å². The number of carbonyl (C=O) groups is 1.